The molecule has 1 N–H and O–H groups in total. The zero-order chi connectivity index (χ0) is 19.1. The van der Waals surface area contributed by atoms with Gasteiger partial charge in [0.05, 0.1) is 18.6 Å². The van der Waals surface area contributed by atoms with E-state index in [4.69, 9.17) is 32.7 Å². The molecule has 1 atom stereocenters. The standard InChI is InChI=1S/C19H19Cl2NO4/c1-12(26-17-8-7-15(20)10-16(17)21)19(24)22-11-14-6-4-3-5-13(14)9-18(23)25-2/h3-8,10,12H,9,11H2,1-2H3,(H,22,24)/t12-/m0/s1. The molecule has 0 aliphatic rings. The molecule has 0 saturated heterocycles. The van der Waals surface area contributed by atoms with E-state index in [1.165, 1.54) is 7.11 Å². The van der Waals surface area contributed by atoms with Gasteiger partial charge in [0.15, 0.2) is 6.10 Å². The summed E-state index contributed by atoms with van der Waals surface area (Å²) in [6.45, 7) is 1.90. The summed E-state index contributed by atoms with van der Waals surface area (Å²) in [7, 11) is 1.34. The van der Waals surface area contributed by atoms with E-state index in [9.17, 15) is 9.59 Å². The third-order valence-electron chi connectivity index (χ3n) is 3.70. The van der Waals surface area contributed by atoms with Gasteiger partial charge in [-0.2, -0.15) is 0 Å². The van der Waals surface area contributed by atoms with Gasteiger partial charge in [-0.15, -0.1) is 0 Å². The minimum atomic E-state index is -0.749. The van der Waals surface area contributed by atoms with Gasteiger partial charge in [0.1, 0.15) is 5.75 Å². The van der Waals surface area contributed by atoms with Crippen LogP contribution >= 0.6 is 23.2 Å². The molecule has 2 rings (SSSR count). The van der Waals surface area contributed by atoms with Crippen molar-refractivity contribution in [3.8, 4) is 5.75 Å². The zero-order valence-electron chi connectivity index (χ0n) is 14.4. The van der Waals surface area contributed by atoms with Crippen molar-refractivity contribution in [1.29, 1.82) is 0 Å². The number of esters is 1. The van der Waals surface area contributed by atoms with Crippen molar-refractivity contribution < 1.29 is 19.1 Å². The van der Waals surface area contributed by atoms with Gasteiger partial charge >= 0.3 is 5.97 Å². The Morgan fingerprint density at radius 2 is 1.81 bits per heavy atom. The number of methoxy groups -OCH3 is 1. The van der Waals surface area contributed by atoms with Gasteiger partial charge < -0.3 is 14.8 Å². The topological polar surface area (TPSA) is 64.6 Å². The smallest absolute Gasteiger partial charge is 0.309 e. The molecule has 138 valence electrons. The van der Waals surface area contributed by atoms with Crippen molar-refractivity contribution in [2.24, 2.45) is 0 Å². The van der Waals surface area contributed by atoms with Crippen molar-refractivity contribution >= 4 is 35.1 Å². The first-order valence-electron chi connectivity index (χ1n) is 7.93. The SMILES string of the molecule is COC(=O)Cc1ccccc1CNC(=O)[C@H](C)Oc1ccc(Cl)cc1Cl. The number of carbonyl (C=O) groups is 2. The van der Waals surface area contributed by atoms with Crippen molar-refractivity contribution in [2.75, 3.05) is 7.11 Å². The van der Waals surface area contributed by atoms with Gasteiger partial charge in [-0.25, -0.2) is 0 Å². The van der Waals surface area contributed by atoms with Crippen molar-refractivity contribution in [1.82, 2.24) is 5.32 Å². The van der Waals surface area contributed by atoms with Gasteiger partial charge in [0.2, 0.25) is 0 Å². The summed E-state index contributed by atoms with van der Waals surface area (Å²) < 4.78 is 10.3. The van der Waals surface area contributed by atoms with Crippen LogP contribution in [0.3, 0.4) is 0 Å². The summed E-state index contributed by atoms with van der Waals surface area (Å²) in [4.78, 5) is 23.8. The molecule has 0 unspecified atom stereocenters. The highest BCUT2D eigenvalue weighted by molar-refractivity contribution is 6.35. The lowest BCUT2D eigenvalue weighted by molar-refractivity contribution is -0.139. The summed E-state index contributed by atoms with van der Waals surface area (Å²) in [6, 6.07) is 12.1. The van der Waals surface area contributed by atoms with Gasteiger partial charge in [-0.05, 0) is 36.2 Å². The second kappa shape index (κ2) is 9.46. The Morgan fingerprint density at radius 3 is 2.46 bits per heavy atom. The van der Waals surface area contributed by atoms with Gasteiger partial charge in [-0.1, -0.05) is 47.5 Å². The molecule has 0 aliphatic heterocycles. The molecule has 5 nitrogen and oxygen atoms in total. The second-order valence-corrected chi connectivity index (χ2v) is 6.42. The molecular weight excluding hydrogens is 377 g/mol. The largest absolute Gasteiger partial charge is 0.479 e. The number of halogens is 2. The van der Waals surface area contributed by atoms with Crippen LogP contribution in [0.2, 0.25) is 10.0 Å². The summed E-state index contributed by atoms with van der Waals surface area (Å²) in [5.74, 6) is -0.258. The lowest BCUT2D eigenvalue weighted by Gasteiger charge is -2.16. The molecular formula is C19H19Cl2NO4. The van der Waals surface area contributed by atoms with E-state index in [1.54, 1.807) is 25.1 Å². The summed E-state index contributed by atoms with van der Waals surface area (Å²) in [5.41, 5.74) is 1.64. The molecule has 26 heavy (non-hydrogen) atoms. The van der Waals surface area contributed by atoms with Crippen LogP contribution in [0.25, 0.3) is 0 Å². The Morgan fingerprint density at radius 1 is 1.12 bits per heavy atom. The van der Waals surface area contributed by atoms with Crippen LogP contribution in [0.1, 0.15) is 18.1 Å². The van der Waals surface area contributed by atoms with Crippen LogP contribution in [0, 0.1) is 0 Å². The molecule has 2 aromatic rings. The van der Waals surface area contributed by atoms with Crippen LogP contribution in [0.15, 0.2) is 42.5 Å². The lowest BCUT2D eigenvalue weighted by Crippen LogP contribution is -2.36. The number of carbonyl (C=O) groups excluding carboxylic acids is 2. The van der Waals surface area contributed by atoms with Gasteiger partial charge in [0.25, 0.3) is 5.91 Å². The first kappa shape index (κ1) is 20.1. The third-order valence-corrected chi connectivity index (χ3v) is 4.23. The summed E-state index contributed by atoms with van der Waals surface area (Å²) in [5, 5.41) is 3.62. The van der Waals surface area contributed by atoms with E-state index in [-0.39, 0.29) is 24.8 Å². The monoisotopic (exact) mass is 395 g/mol. The lowest BCUT2D eigenvalue weighted by atomic mass is 10.0. The fourth-order valence-corrected chi connectivity index (χ4v) is 2.72. The van der Waals surface area contributed by atoms with E-state index in [0.29, 0.717) is 15.8 Å². The van der Waals surface area contributed by atoms with Crippen molar-refractivity contribution in [3.05, 3.63) is 63.6 Å². The van der Waals surface area contributed by atoms with Gasteiger partial charge in [0, 0.05) is 11.6 Å². The number of benzene rings is 2. The molecule has 0 fully saturated rings. The van der Waals surface area contributed by atoms with Crippen molar-refractivity contribution in [2.45, 2.75) is 26.0 Å². The maximum absolute atomic E-state index is 12.3. The first-order valence-corrected chi connectivity index (χ1v) is 8.69. The van der Waals surface area contributed by atoms with E-state index in [1.807, 2.05) is 24.3 Å². The Hall–Kier alpha value is -2.24. The molecule has 0 saturated carbocycles. The minimum Gasteiger partial charge on any atom is -0.479 e. The average Bonchev–Trinajstić information content (AvgIpc) is 2.62. The summed E-state index contributed by atoms with van der Waals surface area (Å²) in [6.07, 6.45) is -0.601. The predicted molar refractivity (Wildman–Crippen MR) is 101 cm³/mol. The molecule has 2 aromatic carbocycles. The molecule has 0 heterocycles. The normalized spacial score (nSPS) is 11.5. The van der Waals surface area contributed by atoms with Crippen LogP contribution in [0.5, 0.6) is 5.75 Å². The number of amides is 1. The van der Waals surface area contributed by atoms with Crippen LogP contribution in [-0.4, -0.2) is 25.1 Å². The predicted octanol–water partition coefficient (Wildman–Crippen LogP) is 3.79. The fraction of sp³-hybridized carbons (Fsp3) is 0.263. The second-order valence-electron chi connectivity index (χ2n) is 5.57. The highest BCUT2D eigenvalue weighted by Gasteiger charge is 2.17. The van der Waals surface area contributed by atoms with Gasteiger partial charge in [-0.3, -0.25) is 9.59 Å². The third kappa shape index (κ3) is 5.64. The van der Waals surface area contributed by atoms with E-state index < -0.39 is 6.10 Å². The number of hydrogen-bond donors (Lipinski definition) is 1. The Bertz CT molecular complexity index is 795. The molecule has 7 heteroatoms. The average molecular weight is 396 g/mol. The van der Waals surface area contributed by atoms with Crippen LogP contribution < -0.4 is 10.1 Å². The van der Waals surface area contributed by atoms with Crippen LogP contribution in [0.4, 0.5) is 0 Å². The van der Waals surface area contributed by atoms with E-state index in [0.717, 1.165) is 11.1 Å². The number of rotatable bonds is 7. The maximum atomic E-state index is 12.3. The molecule has 0 aliphatic carbocycles. The molecule has 0 spiro atoms. The Kier molecular flexibility index (Phi) is 7.30. The quantitative estimate of drug-likeness (QED) is 0.724. The van der Waals surface area contributed by atoms with E-state index in [2.05, 4.69) is 5.32 Å². The first-order chi connectivity index (χ1) is 12.4. The van der Waals surface area contributed by atoms with E-state index >= 15 is 0 Å². The number of hydrogen-bond acceptors (Lipinski definition) is 4. The number of nitrogens with one attached hydrogen (secondary N) is 1. The number of ether oxygens (including phenoxy) is 2. The molecule has 1 amide bonds. The Balaban J connectivity index is 1.97. The Labute approximate surface area is 162 Å². The molecule has 0 aromatic heterocycles. The zero-order valence-corrected chi connectivity index (χ0v) is 15.9. The molecule has 0 bridgehead atoms. The highest BCUT2D eigenvalue weighted by atomic mass is 35.5. The fourth-order valence-electron chi connectivity index (χ4n) is 2.27. The maximum Gasteiger partial charge on any atom is 0.309 e. The molecule has 0 radical (unpaired) electrons. The van der Waals surface area contributed by atoms with Crippen molar-refractivity contribution in [3.63, 3.8) is 0 Å². The van der Waals surface area contributed by atoms with Crippen LogP contribution in [-0.2, 0) is 27.3 Å². The summed E-state index contributed by atoms with van der Waals surface area (Å²) >= 11 is 11.9. The minimum absolute atomic E-state index is 0.148. The highest BCUT2D eigenvalue weighted by Crippen LogP contribution is 2.28.